The first kappa shape index (κ1) is 23.1. The molecule has 0 aliphatic carbocycles. The number of ketones is 1. The monoisotopic (exact) mass is 412 g/mol. The third-order valence-corrected chi connectivity index (χ3v) is 4.92. The number of carbonyl (C=O) groups excluding carboxylic acids is 2. The lowest BCUT2D eigenvalue weighted by molar-refractivity contribution is -0.384. The van der Waals surface area contributed by atoms with Crippen LogP contribution in [0.4, 0.5) is 11.4 Å². The molecule has 2 aromatic rings. The number of carbonyl (C=O) groups is 2. The van der Waals surface area contributed by atoms with Gasteiger partial charge in [-0.2, -0.15) is 0 Å². The number of rotatable bonds is 8. The lowest BCUT2D eigenvalue weighted by Gasteiger charge is -2.23. The SMILES string of the molecule is CCN(CC)c1ccc([N+](=O)[O-])cc1C(=O)OCC(=O)c1ccc(C(C)(C)C)cc1. The molecule has 2 aromatic carbocycles. The van der Waals surface area contributed by atoms with Crippen LogP contribution in [0.5, 0.6) is 0 Å². The maximum atomic E-state index is 12.7. The van der Waals surface area contributed by atoms with Gasteiger partial charge in [-0.3, -0.25) is 14.9 Å². The molecule has 7 nitrogen and oxygen atoms in total. The van der Waals surface area contributed by atoms with Crippen molar-refractivity contribution < 1.29 is 19.2 Å². The van der Waals surface area contributed by atoms with E-state index in [1.165, 1.54) is 18.2 Å². The van der Waals surface area contributed by atoms with Gasteiger partial charge in [-0.15, -0.1) is 0 Å². The fourth-order valence-electron chi connectivity index (χ4n) is 3.09. The molecule has 0 bridgehead atoms. The molecular formula is C23H28N2O5. The zero-order valence-electron chi connectivity index (χ0n) is 18.1. The Kier molecular flexibility index (Phi) is 7.32. The van der Waals surface area contributed by atoms with Gasteiger partial charge in [0.1, 0.15) is 0 Å². The third-order valence-electron chi connectivity index (χ3n) is 4.92. The van der Waals surface area contributed by atoms with Gasteiger partial charge in [0.05, 0.1) is 16.2 Å². The molecule has 0 saturated heterocycles. The summed E-state index contributed by atoms with van der Waals surface area (Å²) in [6.07, 6.45) is 0. The van der Waals surface area contributed by atoms with Crippen LogP contribution in [0.2, 0.25) is 0 Å². The summed E-state index contributed by atoms with van der Waals surface area (Å²) in [6.45, 7) is 10.9. The first-order valence-corrected chi connectivity index (χ1v) is 9.92. The van der Waals surface area contributed by atoms with Crippen molar-refractivity contribution in [3.8, 4) is 0 Å². The van der Waals surface area contributed by atoms with Gasteiger partial charge < -0.3 is 9.64 Å². The number of non-ortho nitro benzene ring substituents is 1. The minimum Gasteiger partial charge on any atom is -0.454 e. The molecule has 0 spiro atoms. The molecule has 0 aliphatic rings. The Balaban J connectivity index is 2.19. The van der Waals surface area contributed by atoms with Crippen LogP contribution in [0.25, 0.3) is 0 Å². The molecule has 0 N–H and O–H groups in total. The van der Waals surface area contributed by atoms with Crippen LogP contribution in [0.15, 0.2) is 42.5 Å². The molecule has 0 aromatic heterocycles. The summed E-state index contributed by atoms with van der Waals surface area (Å²) in [5.41, 5.74) is 1.91. The molecule has 0 aliphatic heterocycles. The van der Waals surface area contributed by atoms with Gasteiger partial charge in [0.2, 0.25) is 0 Å². The second kappa shape index (κ2) is 9.52. The lowest BCUT2D eigenvalue weighted by Crippen LogP contribution is -2.25. The molecule has 0 amide bonds. The van der Waals surface area contributed by atoms with Gasteiger partial charge in [0, 0.05) is 30.8 Å². The largest absolute Gasteiger partial charge is 0.454 e. The van der Waals surface area contributed by atoms with E-state index in [1.54, 1.807) is 12.1 Å². The van der Waals surface area contributed by atoms with E-state index in [1.807, 2.05) is 30.9 Å². The van der Waals surface area contributed by atoms with E-state index < -0.39 is 17.5 Å². The molecule has 0 radical (unpaired) electrons. The van der Waals surface area contributed by atoms with Crippen molar-refractivity contribution in [3.63, 3.8) is 0 Å². The summed E-state index contributed by atoms with van der Waals surface area (Å²) < 4.78 is 5.22. The van der Waals surface area contributed by atoms with E-state index in [-0.39, 0.29) is 22.4 Å². The standard InChI is InChI=1S/C23H28N2O5/c1-6-24(7-2)20-13-12-18(25(28)29)14-19(20)22(27)30-15-21(26)16-8-10-17(11-9-16)23(3,4)5/h8-14H,6-7,15H2,1-5H3. The van der Waals surface area contributed by atoms with Gasteiger partial charge in [0.25, 0.3) is 5.69 Å². The van der Waals surface area contributed by atoms with Crippen LogP contribution >= 0.6 is 0 Å². The van der Waals surface area contributed by atoms with Crippen LogP contribution in [-0.2, 0) is 10.2 Å². The molecule has 0 fully saturated rings. The summed E-state index contributed by atoms with van der Waals surface area (Å²) in [6, 6.07) is 11.3. The van der Waals surface area contributed by atoms with E-state index in [0.717, 1.165) is 5.56 Å². The molecule has 0 atom stereocenters. The van der Waals surface area contributed by atoms with Crippen LogP contribution in [-0.4, -0.2) is 36.4 Å². The predicted octanol–water partition coefficient (Wildman–Crippen LogP) is 4.78. The summed E-state index contributed by atoms with van der Waals surface area (Å²) in [5.74, 6) is -1.10. The fourth-order valence-corrected chi connectivity index (χ4v) is 3.09. The second-order valence-electron chi connectivity index (χ2n) is 7.96. The highest BCUT2D eigenvalue weighted by Crippen LogP contribution is 2.27. The van der Waals surface area contributed by atoms with Crippen molar-refractivity contribution >= 4 is 23.1 Å². The van der Waals surface area contributed by atoms with Crippen LogP contribution < -0.4 is 4.90 Å². The highest BCUT2D eigenvalue weighted by Gasteiger charge is 2.22. The normalized spacial score (nSPS) is 11.1. The first-order chi connectivity index (χ1) is 14.1. The van der Waals surface area contributed by atoms with E-state index in [2.05, 4.69) is 20.8 Å². The Morgan fingerprint density at radius 1 is 1.03 bits per heavy atom. The Labute approximate surface area is 176 Å². The zero-order valence-corrected chi connectivity index (χ0v) is 18.1. The smallest absolute Gasteiger partial charge is 0.340 e. The van der Waals surface area contributed by atoms with Crippen molar-refractivity contribution in [1.29, 1.82) is 0 Å². The summed E-state index contributed by atoms with van der Waals surface area (Å²) in [5, 5.41) is 11.1. The van der Waals surface area contributed by atoms with Gasteiger partial charge >= 0.3 is 5.97 Å². The molecule has 30 heavy (non-hydrogen) atoms. The maximum Gasteiger partial charge on any atom is 0.340 e. The van der Waals surface area contributed by atoms with Crippen molar-refractivity contribution in [3.05, 3.63) is 69.3 Å². The number of nitro groups is 1. The molecule has 2 rings (SSSR count). The first-order valence-electron chi connectivity index (χ1n) is 9.92. The molecular weight excluding hydrogens is 384 g/mol. The van der Waals surface area contributed by atoms with Gasteiger partial charge in [0.15, 0.2) is 12.4 Å². The number of anilines is 1. The molecule has 0 heterocycles. The number of nitrogens with zero attached hydrogens (tertiary/aromatic N) is 2. The van der Waals surface area contributed by atoms with Gasteiger partial charge in [-0.05, 0) is 30.9 Å². The minimum absolute atomic E-state index is 0.0309. The highest BCUT2D eigenvalue weighted by molar-refractivity contribution is 6.01. The predicted molar refractivity (Wildman–Crippen MR) is 116 cm³/mol. The fraction of sp³-hybridized carbons (Fsp3) is 0.391. The quantitative estimate of drug-likeness (QED) is 0.268. The van der Waals surface area contributed by atoms with Crippen LogP contribution in [0.3, 0.4) is 0 Å². The van der Waals surface area contributed by atoms with Crippen molar-refractivity contribution in [1.82, 2.24) is 0 Å². The molecule has 0 saturated carbocycles. The summed E-state index contributed by atoms with van der Waals surface area (Å²) >= 11 is 0. The highest BCUT2D eigenvalue weighted by atomic mass is 16.6. The maximum absolute atomic E-state index is 12.7. The molecule has 160 valence electrons. The number of ether oxygens (including phenoxy) is 1. The second-order valence-corrected chi connectivity index (χ2v) is 7.96. The zero-order chi connectivity index (χ0) is 22.5. The average Bonchev–Trinajstić information content (AvgIpc) is 2.72. The van der Waals surface area contributed by atoms with Gasteiger partial charge in [-0.1, -0.05) is 45.0 Å². The number of nitro benzene ring substituents is 1. The van der Waals surface area contributed by atoms with E-state index in [0.29, 0.717) is 24.3 Å². The van der Waals surface area contributed by atoms with Gasteiger partial charge in [-0.25, -0.2) is 4.79 Å². The topological polar surface area (TPSA) is 89.8 Å². The summed E-state index contributed by atoms with van der Waals surface area (Å²) in [4.78, 5) is 37.6. The van der Waals surface area contributed by atoms with E-state index in [4.69, 9.17) is 4.74 Å². The number of benzene rings is 2. The Morgan fingerprint density at radius 2 is 1.63 bits per heavy atom. The van der Waals surface area contributed by atoms with E-state index in [9.17, 15) is 19.7 Å². The molecule has 7 heteroatoms. The Hall–Kier alpha value is -3.22. The van der Waals surface area contributed by atoms with Crippen LogP contribution in [0.1, 0.15) is 60.9 Å². The van der Waals surface area contributed by atoms with Crippen LogP contribution in [0, 0.1) is 10.1 Å². The number of esters is 1. The number of hydrogen-bond donors (Lipinski definition) is 0. The lowest BCUT2D eigenvalue weighted by atomic mass is 9.86. The summed E-state index contributed by atoms with van der Waals surface area (Å²) in [7, 11) is 0. The Morgan fingerprint density at radius 3 is 2.13 bits per heavy atom. The molecule has 0 unspecified atom stereocenters. The van der Waals surface area contributed by atoms with E-state index >= 15 is 0 Å². The average molecular weight is 412 g/mol. The minimum atomic E-state index is -0.764. The number of Topliss-reactive ketones (excluding diaryl/α,β-unsaturated/α-hetero) is 1. The number of hydrogen-bond acceptors (Lipinski definition) is 6. The van der Waals surface area contributed by atoms with Crippen molar-refractivity contribution in [2.24, 2.45) is 0 Å². The van der Waals surface area contributed by atoms with Crippen molar-refractivity contribution in [2.45, 2.75) is 40.0 Å². The van der Waals surface area contributed by atoms with Crippen molar-refractivity contribution in [2.75, 3.05) is 24.6 Å². The Bertz CT molecular complexity index is 926. The third kappa shape index (κ3) is 5.43.